The van der Waals surface area contributed by atoms with Crippen molar-refractivity contribution in [3.63, 3.8) is 0 Å². The van der Waals surface area contributed by atoms with E-state index in [2.05, 4.69) is 6.92 Å². The van der Waals surface area contributed by atoms with Crippen molar-refractivity contribution in [2.75, 3.05) is 13.7 Å². The van der Waals surface area contributed by atoms with Crippen LogP contribution in [0.5, 0.6) is 0 Å². The fourth-order valence-corrected chi connectivity index (χ4v) is 4.90. The van der Waals surface area contributed by atoms with Crippen LogP contribution < -0.4 is 0 Å². The molecule has 0 bridgehead atoms. The smallest absolute Gasteiger partial charge is 0.348 e. The van der Waals surface area contributed by atoms with Crippen LogP contribution in [-0.4, -0.2) is 30.2 Å². The van der Waals surface area contributed by atoms with E-state index in [1.807, 2.05) is 12.1 Å². The lowest BCUT2D eigenvalue weighted by molar-refractivity contribution is 0.0606. The van der Waals surface area contributed by atoms with Crippen LogP contribution in [0.3, 0.4) is 0 Å². The maximum Gasteiger partial charge on any atom is 0.348 e. The summed E-state index contributed by atoms with van der Waals surface area (Å²) < 4.78 is 4.72. The Morgan fingerprint density at radius 1 is 1.48 bits per heavy atom. The average molecular weight is 331 g/mol. The van der Waals surface area contributed by atoms with Gasteiger partial charge in [-0.25, -0.2) is 4.79 Å². The first-order chi connectivity index (χ1) is 10.1. The number of aliphatic hydroxyl groups is 1. The molecular weight excluding hydrogens is 308 g/mol. The second-order valence-corrected chi connectivity index (χ2v) is 7.62. The second-order valence-electron chi connectivity index (χ2n) is 5.89. The van der Waals surface area contributed by atoms with Gasteiger partial charge in [-0.05, 0) is 55.6 Å². The van der Waals surface area contributed by atoms with E-state index in [1.54, 1.807) is 0 Å². The van der Waals surface area contributed by atoms with E-state index in [1.165, 1.54) is 23.3 Å². The molecule has 3 nitrogen and oxygen atoms in total. The van der Waals surface area contributed by atoms with Crippen molar-refractivity contribution in [2.24, 2.45) is 17.8 Å². The fraction of sp³-hybridized carbons (Fsp3) is 0.688. The molecule has 5 heteroatoms. The van der Waals surface area contributed by atoms with Crippen molar-refractivity contribution in [1.29, 1.82) is 0 Å². The summed E-state index contributed by atoms with van der Waals surface area (Å²) in [5, 5.41) is 9.71. The maximum atomic E-state index is 11.4. The minimum Gasteiger partial charge on any atom is -0.465 e. The minimum atomic E-state index is -0.267. The molecule has 1 N–H and O–H groups in total. The van der Waals surface area contributed by atoms with Gasteiger partial charge >= 0.3 is 5.97 Å². The third-order valence-electron chi connectivity index (χ3n) is 4.56. The number of hydrogen-bond donors (Lipinski definition) is 1. The molecule has 1 heterocycles. The summed E-state index contributed by atoms with van der Waals surface area (Å²) in [4.78, 5) is 13.3. The third-order valence-corrected chi connectivity index (χ3v) is 6.19. The van der Waals surface area contributed by atoms with Gasteiger partial charge in [0.05, 0.1) is 7.11 Å². The highest BCUT2D eigenvalue weighted by atomic mass is 35.5. The number of esters is 1. The summed E-state index contributed by atoms with van der Waals surface area (Å²) in [5.74, 6) is 0.986. The second kappa shape index (κ2) is 7.61. The predicted octanol–water partition coefficient (Wildman–Crippen LogP) is 3.73. The van der Waals surface area contributed by atoms with Gasteiger partial charge in [-0.1, -0.05) is 6.92 Å². The van der Waals surface area contributed by atoms with Crippen molar-refractivity contribution in [1.82, 2.24) is 0 Å². The van der Waals surface area contributed by atoms with Crippen LogP contribution >= 0.6 is 22.9 Å². The third kappa shape index (κ3) is 3.99. The fourth-order valence-electron chi connectivity index (χ4n) is 3.34. The van der Waals surface area contributed by atoms with E-state index in [4.69, 9.17) is 16.3 Å². The lowest BCUT2D eigenvalue weighted by Gasteiger charge is -2.21. The predicted molar refractivity (Wildman–Crippen MR) is 86.1 cm³/mol. The molecule has 1 aromatic rings. The van der Waals surface area contributed by atoms with Crippen LogP contribution in [0.4, 0.5) is 0 Å². The van der Waals surface area contributed by atoms with E-state index in [0.29, 0.717) is 22.6 Å². The number of aryl methyl sites for hydroxylation is 1. The largest absolute Gasteiger partial charge is 0.465 e. The molecule has 0 unspecified atom stereocenters. The molecule has 118 valence electrons. The van der Waals surface area contributed by atoms with E-state index < -0.39 is 0 Å². The van der Waals surface area contributed by atoms with Gasteiger partial charge in [0.2, 0.25) is 0 Å². The van der Waals surface area contributed by atoms with Gasteiger partial charge < -0.3 is 9.84 Å². The Morgan fingerprint density at radius 3 is 2.90 bits per heavy atom. The van der Waals surface area contributed by atoms with E-state index in [-0.39, 0.29) is 18.0 Å². The first-order valence-electron chi connectivity index (χ1n) is 7.48. The van der Waals surface area contributed by atoms with Crippen molar-refractivity contribution >= 4 is 28.9 Å². The highest BCUT2D eigenvalue weighted by Gasteiger charge is 2.38. The van der Waals surface area contributed by atoms with Crippen LogP contribution in [0.2, 0.25) is 0 Å². The van der Waals surface area contributed by atoms with Crippen LogP contribution in [0.25, 0.3) is 0 Å². The zero-order chi connectivity index (χ0) is 15.4. The summed E-state index contributed by atoms with van der Waals surface area (Å²) in [6.07, 6.45) is 4.03. The first kappa shape index (κ1) is 16.8. The molecule has 1 aliphatic carbocycles. The number of thiophene rings is 1. The van der Waals surface area contributed by atoms with Gasteiger partial charge in [-0.15, -0.1) is 22.9 Å². The van der Waals surface area contributed by atoms with Crippen LogP contribution in [0.1, 0.15) is 40.7 Å². The molecule has 0 aromatic carbocycles. The standard InChI is InChI=1S/C16H23ClO3S/c1-10-8-14(17)12(13(10)9-18)5-3-4-11-6-7-15(21-11)16(19)20-2/h6-7,10,12-14,18H,3-5,8-9H2,1-2H3/t10-,12-,13+,14-/m1/s1. The van der Waals surface area contributed by atoms with Crippen molar-refractivity contribution in [3.8, 4) is 0 Å². The molecule has 0 saturated heterocycles. The summed E-state index contributed by atoms with van der Waals surface area (Å²) >= 11 is 7.92. The first-order valence-corrected chi connectivity index (χ1v) is 8.74. The lowest BCUT2D eigenvalue weighted by Crippen LogP contribution is -2.20. The SMILES string of the molecule is COC(=O)c1ccc(CCC[C@@H]2[C@@H](CO)[C@H](C)C[C@H]2Cl)s1. The maximum absolute atomic E-state index is 11.4. The molecular formula is C16H23ClO3S. The molecule has 1 aromatic heterocycles. The number of alkyl halides is 1. The Morgan fingerprint density at radius 2 is 2.24 bits per heavy atom. The van der Waals surface area contributed by atoms with E-state index >= 15 is 0 Å². The summed E-state index contributed by atoms with van der Waals surface area (Å²) in [5.41, 5.74) is 0. The van der Waals surface area contributed by atoms with Gasteiger partial charge in [0, 0.05) is 16.9 Å². The summed E-state index contributed by atoms with van der Waals surface area (Å²) in [6.45, 7) is 2.42. The van der Waals surface area contributed by atoms with Gasteiger partial charge in [0.1, 0.15) is 4.88 Å². The van der Waals surface area contributed by atoms with Crippen LogP contribution in [0, 0.1) is 17.8 Å². The number of aliphatic hydroxyl groups excluding tert-OH is 1. The Balaban J connectivity index is 1.84. The monoisotopic (exact) mass is 330 g/mol. The van der Waals surface area contributed by atoms with E-state index in [9.17, 15) is 9.90 Å². The Labute approximate surface area is 135 Å². The van der Waals surface area contributed by atoms with Gasteiger partial charge in [0.25, 0.3) is 0 Å². The number of rotatable bonds is 6. The quantitative estimate of drug-likeness (QED) is 0.638. The Hall–Kier alpha value is -0.580. The Kier molecular flexibility index (Phi) is 6.08. The molecule has 21 heavy (non-hydrogen) atoms. The van der Waals surface area contributed by atoms with Crippen molar-refractivity contribution < 1.29 is 14.6 Å². The molecule has 1 saturated carbocycles. The van der Waals surface area contributed by atoms with Gasteiger partial charge in [-0.3, -0.25) is 0 Å². The van der Waals surface area contributed by atoms with Crippen molar-refractivity contribution in [3.05, 3.63) is 21.9 Å². The number of methoxy groups -OCH3 is 1. The molecule has 4 atom stereocenters. The number of halogens is 1. The molecule has 0 amide bonds. The minimum absolute atomic E-state index is 0.186. The molecule has 0 spiro atoms. The molecule has 1 fully saturated rings. The number of hydrogen-bond acceptors (Lipinski definition) is 4. The lowest BCUT2D eigenvalue weighted by atomic mass is 9.87. The summed E-state index contributed by atoms with van der Waals surface area (Å²) in [7, 11) is 1.40. The normalized spacial score (nSPS) is 28.8. The van der Waals surface area contributed by atoms with Crippen LogP contribution in [-0.2, 0) is 11.2 Å². The van der Waals surface area contributed by atoms with Gasteiger partial charge in [0.15, 0.2) is 0 Å². The number of ether oxygens (including phenoxy) is 1. The molecule has 2 rings (SSSR count). The van der Waals surface area contributed by atoms with Crippen LogP contribution in [0.15, 0.2) is 12.1 Å². The molecule has 0 aliphatic heterocycles. The highest BCUT2D eigenvalue weighted by Crippen LogP contribution is 2.42. The van der Waals surface area contributed by atoms with Gasteiger partial charge in [-0.2, -0.15) is 0 Å². The zero-order valence-corrected chi connectivity index (χ0v) is 14.1. The topological polar surface area (TPSA) is 46.5 Å². The highest BCUT2D eigenvalue weighted by molar-refractivity contribution is 7.13. The number of carbonyl (C=O) groups excluding carboxylic acids is 1. The summed E-state index contributed by atoms with van der Waals surface area (Å²) in [6, 6.07) is 3.82. The van der Waals surface area contributed by atoms with E-state index in [0.717, 1.165) is 25.7 Å². The average Bonchev–Trinajstić information content (AvgIpc) is 3.03. The number of carbonyl (C=O) groups is 1. The zero-order valence-electron chi connectivity index (χ0n) is 12.5. The van der Waals surface area contributed by atoms with Crippen molar-refractivity contribution in [2.45, 2.75) is 38.0 Å². The molecule has 1 aliphatic rings. The Bertz CT molecular complexity index is 474. The molecule has 0 radical (unpaired) electrons.